The second-order valence-electron chi connectivity index (χ2n) is 9.10. The molecule has 4 nitrogen and oxygen atoms in total. The maximum atomic E-state index is 6.12. The van der Waals surface area contributed by atoms with E-state index in [0.717, 1.165) is 33.8 Å². The molecule has 2 rings (SSSR count). The minimum atomic E-state index is -1.68. The van der Waals surface area contributed by atoms with Crippen LogP contribution in [0.2, 0.25) is 0 Å². The third kappa shape index (κ3) is 5.46. The van der Waals surface area contributed by atoms with Crippen molar-refractivity contribution >= 4 is 29.3 Å². The number of methoxy groups -OCH3 is 3. The van der Waals surface area contributed by atoms with Crippen molar-refractivity contribution in [2.75, 3.05) is 21.3 Å². The molecule has 0 bridgehead atoms. The molecule has 0 N–H and O–H groups in total. The van der Waals surface area contributed by atoms with Crippen molar-refractivity contribution in [3.05, 3.63) is 35.4 Å². The molecule has 2 aromatic carbocycles. The third-order valence-corrected chi connectivity index (χ3v) is 5.60. The van der Waals surface area contributed by atoms with Crippen molar-refractivity contribution in [3.63, 3.8) is 0 Å². The molecule has 7 heteroatoms. The maximum Gasteiger partial charge on any atom is 0.284 e. The molecule has 0 atom stereocenters. The summed E-state index contributed by atoms with van der Waals surface area (Å²) in [4.78, 5) is 0. The molecule has 30 heavy (non-hydrogen) atoms. The van der Waals surface area contributed by atoms with Crippen molar-refractivity contribution in [1.82, 2.24) is 0 Å². The molecule has 0 aliphatic carbocycles. The fraction of sp³-hybridized carbons (Fsp3) is 0.478. The highest BCUT2D eigenvalue weighted by atomic mass is 35.9. The highest BCUT2D eigenvalue weighted by Crippen LogP contribution is 2.55. The molecule has 0 radical (unpaired) electrons. The van der Waals surface area contributed by atoms with Crippen LogP contribution in [0.1, 0.15) is 52.7 Å². The Kier molecular flexibility index (Phi) is 7.83. The first kappa shape index (κ1) is 24.9. The van der Waals surface area contributed by atoms with Gasteiger partial charge in [-0.05, 0) is 57.6 Å². The summed E-state index contributed by atoms with van der Waals surface area (Å²) in [5, 5.41) is 0. The van der Waals surface area contributed by atoms with E-state index in [4.69, 9.17) is 41.2 Å². The third-order valence-electron chi connectivity index (χ3n) is 4.87. The maximum absolute atomic E-state index is 6.12. The van der Waals surface area contributed by atoms with Crippen molar-refractivity contribution in [1.29, 1.82) is 0 Å². The molecule has 0 amide bonds. The van der Waals surface area contributed by atoms with E-state index in [2.05, 4.69) is 41.5 Å². The van der Waals surface area contributed by atoms with Gasteiger partial charge in [-0.15, -0.1) is 0 Å². The van der Waals surface area contributed by atoms with Gasteiger partial charge in [0.2, 0.25) is 0 Å². The van der Waals surface area contributed by atoms with Gasteiger partial charge in [0.25, 0.3) is 6.85 Å². The summed E-state index contributed by atoms with van der Waals surface area (Å²) in [7, 11) is 4.96. The quantitative estimate of drug-likeness (QED) is 0.398. The Bertz CT molecular complexity index is 900. The normalized spacial score (nSPS) is 12.1. The predicted octanol–water partition coefficient (Wildman–Crippen LogP) is 8.06. The Morgan fingerprint density at radius 2 is 1.03 bits per heavy atom. The van der Waals surface area contributed by atoms with Gasteiger partial charge >= 0.3 is 0 Å². The molecule has 0 spiro atoms. The van der Waals surface area contributed by atoms with Crippen LogP contribution in [0.15, 0.2) is 24.3 Å². The topological polar surface area (TPSA) is 36.9 Å². The number of ether oxygens (including phenoxy) is 3. The van der Waals surface area contributed by atoms with Gasteiger partial charge in [0.1, 0.15) is 23.0 Å². The summed E-state index contributed by atoms with van der Waals surface area (Å²) < 4.78 is 23.1. The Labute approximate surface area is 191 Å². The average Bonchev–Trinajstić information content (AvgIpc) is 2.64. The fourth-order valence-corrected chi connectivity index (χ4v) is 4.09. The molecule has 0 fully saturated rings. The summed E-state index contributed by atoms with van der Waals surface area (Å²) in [6.07, 6.45) is 0. The molecule has 2 aromatic rings. The van der Waals surface area contributed by atoms with Crippen LogP contribution in [0.5, 0.6) is 23.0 Å². The lowest BCUT2D eigenvalue weighted by Crippen LogP contribution is -2.15. The smallest absolute Gasteiger partial charge is 0.284 e. The van der Waals surface area contributed by atoms with Crippen molar-refractivity contribution in [2.24, 2.45) is 0 Å². The van der Waals surface area contributed by atoms with E-state index in [9.17, 15) is 0 Å². The van der Waals surface area contributed by atoms with Crippen molar-refractivity contribution in [3.8, 4) is 34.1 Å². The van der Waals surface area contributed by atoms with Crippen LogP contribution < -0.4 is 18.7 Å². The summed E-state index contributed by atoms with van der Waals surface area (Å²) in [5.41, 5.74) is 3.15. The molecule has 0 aliphatic rings. The lowest BCUT2D eigenvalue weighted by molar-refractivity contribution is 0.389. The van der Waals surface area contributed by atoms with Crippen LogP contribution in [-0.4, -0.2) is 21.3 Å². The standard InChI is InChI=1S/C23H31Cl2O4P/c1-22(2,3)18-12-14(26-7)10-16(20(18)28-9)17-11-15(27-8)13-19(23(4,5)6)21(17)29-30(24)25/h10-13H,1-9H3. The Morgan fingerprint density at radius 3 is 1.37 bits per heavy atom. The molecule has 0 aliphatic heterocycles. The summed E-state index contributed by atoms with van der Waals surface area (Å²) in [6, 6.07) is 7.82. The zero-order chi connectivity index (χ0) is 22.9. The minimum absolute atomic E-state index is 0.174. The Morgan fingerprint density at radius 1 is 0.633 bits per heavy atom. The van der Waals surface area contributed by atoms with Gasteiger partial charge in [-0.25, -0.2) is 0 Å². The van der Waals surface area contributed by atoms with Crippen LogP contribution in [0.3, 0.4) is 0 Å². The van der Waals surface area contributed by atoms with Crippen LogP contribution >= 0.6 is 29.3 Å². The Hall–Kier alpha value is -1.35. The van der Waals surface area contributed by atoms with Crippen molar-refractivity contribution < 1.29 is 18.7 Å². The number of rotatable bonds is 6. The lowest BCUT2D eigenvalue weighted by atomic mass is 9.81. The molecular formula is C23H31Cl2O4P. The first-order chi connectivity index (χ1) is 13.8. The number of halogens is 2. The number of benzene rings is 2. The molecule has 0 unspecified atom stereocenters. The van der Waals surface area contributed by atoms with Crippen LogP contribution in [0.4, 0.5) is 0 Å². The average molecular weight is 473 g/mol. The highest BCUT2D eigenvalue weighted by molar-refractivity contribution is 8.00. The molecule has 0 saturated carbocycles. The first-order valence-electron chi connectivity index (χ1n) is 9.62. The highest BCUT2D eigenvalue weighted by Gasteiger charge is 2.29. The summed E-state index contributed by atoms with van der Waals surface area (Å²) >= 11 is 12.2. The largest absolute Gasteiger partial charge is 0.497 e. The van der Waals surface area contributed by atoms with Gasteiger partial charge in [-0.3, -0.25) is 0 Å². The lowest BCUT2D eigenvalue weighted by Gasteiger charge is -2.28. The molecular weight excluding hydrogens is 442 g/mol. The van der Waals surface area contributed by atoms with Gasteiger partial charge in [0.05, 0.1) is 21.3 Å². The second-order valence-corrected chi connectivity index (χ2v) is 12.0. The van der Waals surface area contributed by atoms with E-state index < -0.39 is 6.85 Å². The zero-order valence-corrected chi connectivity index (χ0v) is 21.6. The van der Waals surface area contributed by atoms with Gasteiger partial charge in [0.15, 0.2) is 0 Å². The van der Waals surface area contributed by atoms with E-state index in [1.807, 2.05) is 24.3 Å². The van der Waals surface area contributed by atoms with Crippen molar-refractivity contribution in [2.45, 2.75) is 52.4 Å². The van der Waals surface area contributed by atoms with E-state index in [1.165, 1.54) is 0 Å². The Balaban J connectivity index is 3.02. The van der Waals surface area contributed by atoms with E-state index in [0.29, 0.717) is 11.5 Å². The van der Waals surface area contributed by atoms with Gasteiger partial charge < -0.3 is 18.7 Å². The SMILES string of the molecule is COc1cc(-c2cc(OC)cc(C(C)(C)C)c2OP(Cl)Cl)c(OC)c(C(C)(C)C)c1. The molecule has 0 aromatic heterocycles. The zero-order valence-electron chi connectivity index (χ0n) is 19.1. The van der Waals surface area contributed by atoms with E-state index >= 15 is 0 Å². The van der Waals surface area contributed by atoms with E-state index in [-0.39, 0.29) is 10.8 Å². The molecule has 0 heterocycles. The van der Waals surface area contributed by atoms with Gasteiger partial charge in [0, 0.05) is 22.3 Å². The predicted molar refractivity (Wildman–Crippen MR) is 128 cm³/mol. The van der Waals surface area contributed by atoms with Gasteiger partial charge in [-0.1, -0.05) is 41.5 Å². The van der Waals surface area contributed by atoms with Crippen LogP contribution in [0, 0.1) is 0 Å². The second kappa shape index (κ2) is 9.42. The minimum Gasteiger partial charge on any atom is -0.497 e. The summed E-state index contributed by atoms with van der Waals surface area (Å²) in [6.45, 7) is 11.0. The van der Waals surface area contributed by atoms with Crippen LogP contribution in [-0.2, 0) is 10.8 Å². The first-order valence-corrected chi connectivity index (χ1v) is 12.7. The van der Waals surface area contributed by atoms with Gasteiger partial charge in [-0.2, -0.15) is 0 Å². The fourth-order valence-electron chi connectivity index (χ4n) is 3.34. The number of hydrogen-bond donors (Lipinski definition) is 0. The van der Waals surface area contributed by atoms with Crippen LogP contribution in [0.25, 0.3) is 11.1 Å². The van der Waals surface area contributed by atoms with E-state index in [1.54, 1.807) is 21.3 Å². The molecule has 0 saturated heterocycles. The molecule has 166 valence electrons. The summed E-state index contributed by atoms with van der Waals surface area (Å²) in [5.74, 6) is 2.79. The number of hydrogen-bond acceptors (Lipinski definition) is 4. The monoisotopic (exact) mass is 472 g/mol.